The van der Waals surface area contributed by atoms with Gasteiger partial charge in [-0.2, -0.15) is 0 Å². The summed E-state index contributed by atoms with van der Waals surface area (Å²) in [7, 11) is 0. The third-order valence-corrected chi connectivity index (χ3v) is 4.09. The van der Waals surface area contributed by atoms with Gasteiger partial charge in [-0.1, -0.05) is 30.3 Å². The predicted octanol–water partition coefficient (Wildman–Crippen LogP) is 4.27. The second-order valence-electron chi connectivity index (χ2n) is 6.41. The van der Waals surface area contributed by atoms with E-state index in [2.05, 4.69) is 45.7 Å². The second-order valence-corrected chi connectivity index (χ2v) is 6.41. The van der Waals surface area contributed by atoms with E-state index < -0.39 is 0 Å². The molecule has 3 rings (SSSR count). The Labute approximate surface area is 153 Å². The highest BCUT2D eigenvalue weighted by Crippen LogP contribution is 2.15. The van der Waals surface area contributed by atoms with Gasteiger partial charge in [-0.3, -0.25) is 4.79 Å². The molecule has 0 fully saturated rings. The van der Waals surface area contributed by atoms with E-state index in [1.807, 2.05) is 38.1 Å². The molecule has 0 radical (unpaired) electrons. The normalized spacial score (nSPS) is 10.4. The molecule has 5 nitrogen and oxygen atoms in total. The van der Waals surface area contributed by atoms with Gasteiger partial charge < -0.3 is 10.6 Å². The molecule has 2 aromatic carbocycles. The van der Waals surface area contributed by atoms with Gasteiger partial charge in [0.05, 0.1) is 5.56 Å². The Morgan fingerprint density at radius 1 is 0.962 bits per heavy atom. The van der Waals surface area contributed by atoms with Crippen molar-refractivity contribution in [3.8, 4) is 0 Å². The summed E-state index contributed by atoms with van der Waals surface area (Å²) in [5.74, 6) is 0.275. The van der Waals surface area contributed by atoms with Gasteiger partial charge >= 0.3 is 0 Å². The number of aromatic nitrogens is 2. The lowest BCUT2D eigenvalue weighted by Gasteiger charge is -2.09. The van der Waals surface area contributed by atoms with E-state index in [1.165, 1.54) is 23.5 Å². The number of hydrogen-bond acceptors (Lipinski definition) is 4. The van der Waals surface area contributed by atoms with Crippen LogP contribution >= 0.6 is 0 Å². The van der Waals surface area contributed by atoms with Crippen molar-refractivity contribution in [1.29, 1.82) is 0 Å². The molecule has 0 saturated carbocycles. The summed E-state index contributed by atoms with van der Waals surface area (Å²) >= 11 is 0. The van der Waals surface area contributed by atoms with E-state index >= 15 is 0 Å². The molecular weight excluding hydrogens is 324 g/mol. The predicted molar refractivity (Wildman–Crippen MR) is 104 cm³/mol. The van der Waals surface area contributed by atoms with Gasteiger partial charge in [0.25, 0.3) is 5.91 Å². The number of nitrogens with zero attached hydrogens (tertiary/aromatic N) is 2. The fourth-order valence-electron chi connectivity index (χ4n) is 2.77. The Kier molecular flexibility index (Phi) is 5.27. The first kappa shape index (κ1) is 17.6. The van der Waals surface area contributed by atoms with Gasteiger partial charge in [0.2, 0.25) is 5.95 Å². The van der Waals surface area contributed by atoms with Crippen molar-refractivity contribution in [2.45, 2.75) is 27.3 Å². The van der Waals surface area contributed by atoms with Crippen LogP contribution in [0.15, 0.2) is 54.9 Å². The highest BCUT2D eigenvalue weighted by Gasteiger charge is 2.08. The van der Waals surface area contributed by atoms with Crippen LogP contribution in [0.3, 0.4) is 0 Å². The third-order valence-electron chi connectivity index (χ3n) is 4.09. The molecular formula is C21H22N4O. The number of aryl methyl sites for hydroxylation is 3. The maximum absolute atomic E-state index is 12.4. The zero-order valence-corrected chi connectivity index (χ0v) is 15.2. The van der Waals surface area contributed by atoms with Gasteiger partial charge in [0.1, 0.15) is 0 Å². The van der Waals surface area contributed by atoms with Crippen molar-refractivity contribution in [2.75, 3.05) is 10.6 Å². The number of hydrogen-bond donors (Lipinski definition) is 2. The number of rotatable bonds is 5. The van der Waals surface area contributed by atoms with Crippen molar-refractivity contribution in [2.24, 2.45) is 0 Å². The first-order valence-electron chi connectivity index (χ1n) is 8.51. The second kappa shape index (κ2) is 7.78. The minimum Gasteiger partial charge on any atom is -0.350 e. The SMILES string of the molecule is Cc1cc(C)cc(NC(=O)c2cnc(NCc3ccccc3C)nc2)c1. The van der Waals surface area contributed by atoms with Crippen LogP contribution in [0, 0.1) is 20.8 Å². The zero-order chi connectivity index (χ0) is 18.5. The smallest absolute Gasteiger partial charge is 0.258 e. The van der Waals surface area contributed by atoms with Crippen LogP contribution in [0.4, 0.5) is 11.6 Å². The largest absolute Gasteiger partial charge is 0.350 e. The fourth-order valence-corrected chi connectivity index (χ4v) is 2.77. The van der Waals surface area contributed by atoms with Crippen LogP contribution in [-0.2, 0) is 6.54 Å². The fraction of sp³-hybridized carbons (Fsp3) is 0.190. The molecule has 0 unspecified atom stereocenters. The first-order chi connectivity index (χ1) is 12.5. The van der Waals surface area contributed by atoms with Crippen molar-refractivity contribution >= 4 is 17.5 Å². The molecule has 1 aromatic heterocycles. The lowest BCUT2D eigenvalue weighted by Crippen LogP contribution is -2.13. The van der Waals surface area contributed by atoms with E-state index in [-0.39, 0.29) is 5.91 Å². The van der Waals surface area contributed by atoms with Crippen molar-refractivity contribution in [1.82, 2.24) is 9.97 Å². The van der Waals surface area contributed by atoms with E-state index in [9.17, 15) is 4.79 Å². The third kappa shape index (κ3) is 4.45. The van der Waals surface area contributed by atoms with Crippen LogP contribution in [0.2, 0.25) is 0 Å². The Morgan fingerprint density at radius 3 is 2.27 bits per heavy atom. The Hall–Kier alpha value is -3.21. The van der Waals surface area contributed by atoms with Crippen molar-refractivity contribution < 1.29 is 4.79 Å². The monoisotopic (exact) mass is 346 g/mol. The molecule has 0 aliphatic carbocycles. The van der Waals surface area contributed by atoms with Gasteiger partial charge in [0, 0.05) is 24.6 Å². The van der Waals surface area contributed by atoms with Gasteiger partial charge in [-0.15, -0.1) is 0 Å². The molecule has 0 aliphatic heterocycles. The quantitative estimate of drug-likeness (QED) is 0.724. The van der Waals surface area contributed by atoms with Gasteiger partial charge in [0.15, 0.2) is 0 Å². The molecule has 5 heteroatoms. The minimum absolute atomic E-state index is 0.222. The molecule has 0 atom stereocenters. The minimum atomic E-state index is -0.222. The standard InChI is InChI=1S/C21H22N4O/c1-14-8-15(2)10-19(9-14)25-20(26)18-12-23-21(24-13-18)22-11-17-7-5-4-6-16(17)3/h4-10,12-13H,11H2,1-3H3,(H,25,26)(H,22,23,24). The molecule has 26 heavy (non-hydrogen) atoms. The average molecular weight is 346 g/mol. The first-order valence-corrected chi connectivity index (χ1v) is 8.51. The maximum atomic E-state index is 12.4. The average Bonchev–Trinajstić information content (AvgIpc) is 2.60. The Bertz CT molecular complexity index is 899. The van der Waals surface area contributed by atoms with Crippen LogP contribution in [0.1, 0.15) is 32.6 Å². The van der Waals surface area contributed by atoms with Crippen molar-refractivity contribution in [3.63, 3.8) is 0 Å². The molecule has 1 heterocycles. The maximum Gasteiger partial charge on any atom is 0.258 e. The van der Waals surface area contributed by atoms with Gasteiger partial charge in [-0.05, 0) is 55.2 Å². The van der Waals surface area contributed by atoms with Crippen LogP contribution in [0.5, 0.6) is 0 Å². The summed E-state index contributed by atoms with van der Waals surface area (Å²) in [5.41, 5.74) is 5.80. The number of nitrogens with one attached hydrogen (secondary N) is 2. The van der Waals surface area contributed by atoms with Crippen LogP contribution < -0.4 is 10.6 Å². The van der Waals surface area contributed by atoms with E-state index in [4.69, 9.17) is 0 Å². The summed E-state index contributed by atoms with van der Waals surface area (Å²) in [5, 5.41) is 6.06. The van der Waals surface area contributed by atoms with Crippen molar-refractivity contribution in [3.05, 3.63) is 82.7 Å². The number of carbonyl (C=O) groups excluding carboxylic acids is 1. The number of benzene rings is 2. The Balaban J connectivity index is 1.63. The summed E-state index contributed by atoms with van der Waals surface area (Å²) < 4.78 is 0. The van der Waals surface area contributed by atoms with Gasteiger partial charge in [-0.25, -0.2) is 9.97 Å². The molecule has 3 aromatic rings. The molecule has 0 bridgehead atoms. The number of carbonyl (C=O) groups is 1. The highest BCUT2D eigenvalue weighted by atomic mass is 16.1. The number of anilines is 2. The molecule has 0 aliphatic rings. The number of amides is 1. The van der Waals surface area contributed by atoms with E-state index in [0.29, 0.717) is 18.1 Å². The summed E-state index contributed by atoms with van der Waals surface area (Å²) in [4.78, 5) is 20.8. The summed E-state index contributed by atoms with van der Waals surface area (Å²) in [6, 6.07) is 14.1. The van der Waals surface area contributed by atoms with E-state index in [0.717, 1.165) is 16.8 Å². The molecule has 0 spiro atoms. The lowest BCUT2D eigenvalue weighted by molar-refractivity contribution is 0.102. The molecule has 2 N–H and O–H groups in total. The lowest BCUT2D eigenvalue weighted by atomic mass is 10.1. The topological polar surface area (TPSA) is 66.9 Å². The Morgan fingerprint density at radius 2 is 1.62 bits per heavy atom. The van der Waals surface area contributed by atoms with Crippen LogP contribution in [-0.4, -0.2) is 15.9 Å². The molecule has 0 saturated heterocycles. The summed E-state index contributed by atoms with van der Waals surface area (Å²) in [6.07, 6.45) is 3.07. The zero-order valence-electron chi connectivity index (χ0n) is 15.2. The van der Waals surface area contributed by atoms with Crippen LogP contribution in [0.25, 0.3) is 0 Å². The molecule has 132 valence electrons. The molecule has 1 amide bonds. The highest BCUT2D eigenvalue weighted by molar-refractivity contribution is 6.04. The summed E-state index contributed by atoms with van der Waals surface area (Å²) in [6.45, 7) is 6.71. The van der Waals surface area contributed by atoms with E-state index in [1.54, 1.807) is 0 Å².